The summed E-state index contributed by atoms with van der Waals surface area (Å²) in [6.45, 7) is -0.257. The van der Waals surface area contributed by atoms with Gasteiger partial charge in [0.1, 0.15) is 0 Å². The highest BCUT2D eigenvalue weighted by Crippen LogP contribution is 2.38. The predicted molar refractivity (Wildman–Crippen MR) is 65.9 cm³/mol. The maximum atomic E-state index is 12.1. The van der Waals surface area contributed by atoms with Gasteiger partial charge in [-0.2, -0.15) is 0 Å². The first-order chi connectivity index (χ1) is 7.95. The van der Waals surface area contributed by atoms with Crippen molar-refractivity contribution in [3.63, 3.8) is 0 Å². The predicted octanol–water partition coefficient (Wildman–Crippen LogP) is 0.645. The molecule has 3 atom stereocenters. The largest absolute Gasteiger partial charge is 0.395 e. The minimum atomic E-state index is -3.25. The summed E-state index contributed by atoms with van der Waals surface area (Å²) in [6.07, 6.45) is 1.40. The molecule has 0 amide bonds. The van der Waals surface area contributed by atoms with Gasteiger partial charge in [0.15, 0.2) is 9.84 Å². The van der Waals surface area contributed by atoms with Gasteiger partial charge in [-0.15, -0.1) is 0 Å². The first-order valence-corrected chi connectivity index (χ1v) is 8.41. The van der Waals surface area contributed by atoms with Crippen molar-refractivity contribution in [1.82, 2.24) is 0 Å². The molecule has 0 saturated carbocycles. The number of sulfone groups is 1. The number of fused-ring (bicyclic) bond motifs is 1. The van der Waals surface area contributed by atoms with E-state index in [2.05, 4.69) is 0 Å². The molecule has 0 radical (unpaired) electrons. The molecule has 0 fully saturated rings. The van der Waals surface area contributed by atoms with Crippen LogP contribution in [0.2, 0.25) is 0 Å². The molecule has 0 spiro atoms. The second-order valence-corrected chi connectivity index (χ2v) is 8.12. The fourth-order valence-corrected chi connectivity index (χ4v) is 5.07. The first-order valence-electron chi connectivity index (χ1n) is 5.24. The molecule has 2 unspecified atom stereocenters. The van der Waals surface area contributed by atoms with Crippen LogP contribution in [0.3, 0.4) is 0 Å². The van der Waals surface area contributed by atoms with Crippen LogP contribution in [0.4, 0.5) is 0 Å². The van der Waals surface area contributed by atoms with E-state index in [1.54, 1.807) is 24.3 Å². The zero-order valence-corrected chi connectivity index (χ0v) is 11.0. The minimum absolute atomic E-state index is 0.221. The van der Waals surface area contributed by atoms with Crippen LogP contribution in [0.25, 0.3) is 0 Å². The molecule has 6 heteroatoms. The lowest BCUT2D eigenvalue weighted by molar-refractivity contribution is 0.286. The van der Waals surface area contributed by atoms with Crippen molar-refractivity contribution in [2.45, 2.75) is 21.8 Å². The van der Waals surface area contributed by atoms with Crippen LogP contribution < -0.4 is 0 Å². The van der Waals surface area contributed by atoms with Gasteiger partial charge in [0.2, 0.25) is 0 Å². The number of aliphatic hydroxyl groups excluding tert-OH is 1. The Morgan fingerprint density at radius 2 is 2.06 bits per heavy atom. The van der Waals surface area contributed by atoms with Crippen molar-refractivity contribution in [3.8, 4) is 0 Å². The SMILES string of the molecule is CS(=O)(=O)C1C[C@H](CO)S(=O)c2ccccc21. The zero-order valence-electron chi connectivity index (χ0n) is 9.37. The Morgan fingerprint density at radius 1 is 1.41 bits per heavy atom. The van der Waals surface area contributed by atoms with Crippen molar-refractivity contribution in [2.75, 3.05) is 12.9 Å². The third-order valence-electron chi connectivity index (χ3n) is 2.98. The van der Waals surface area contributed by atoms with E-state index in [0.717, 1.165) is 0 Å². The Balaban J connectivity index is 2.59. The van der Waals surface area contributed by atoms with Crippen LogP contribution in [0.15, 0.2) is 29.2 Å². The summed E-state index contributed by atoms with van der Waals surface area (Å²) in [5.74, 6) is 0. The summed E-state index contributed by atoms with van der Waals surface area (Å²) >= 11 is 0. The fraction of sp³-hybridized carbons (Fsp3) is 0.455. The Labute approximate surface area is 103 Å². The van der Waals surface area contributed by atoms with E-state index in [-0.39, 0.29) is 13.0 Å². The molecular weight excluding hydrogens is 260 g/mol. The van der Waals surface area contributed by atoms with E-state index in [4.69, 9.17) is 0 Å². The molecule has 0 aromatic heterocycles. The normalized spacial score (nSPS) is 28.7. The Bertz CT molecular complexity index is 550. The summed E-state index contributed by atoms with van der Waals surface area (Å²) in [6, 6.07) is 6.85. The van der Waals surface area contributed by atoms with Gasteiger partial charge in [0.25, 0.3) is 0 Å². The van der Waals surface area contributed by atoms with Crippen LogP contribution in [0, 0.1) is 0 Å². The maximum Gasteiger partial charge on any atom is 0.154 e. The molecule has 1 aromatic carbocycles. The summed E-state index contributed by atoms with van der Waals surface area (Å²) in [7, 11) is -4.57. The molecule has 1 aromatic rings. The van der Waals surface area contributed by atoms with E-state index >= 15 is 0 Å². The van der Waals surface area contributed by atoms with Crippen molar-refractivity contribution >= 4 is 20.6 Å². The van der Waals surface area contributed by atoms with Crippen LogP contribution in [-0.4, -0.2) is 35.8 Å². The molecule has 0 bridgehead atoms. The third-order valence-corrected chi connectivity index (χ3v) is 6.22. The van der Waals surface area contributed by atoms with Gasteiger partial charge in [-0.3, -0.25) is 4.21 Å². The van der Waals surface area contributed by atoms with Crippen LogP contribution in [0.5, 0.6) is 0 Å². The number of benzene rings is 1. The molecule has 0 aliphatic carbocycles. The lowest BCUT2D eigenvalue weighted by atomic mass is 10.1. The van der Waals surface area contributed by atoms with Gasteiger partial charge >= 0.3 is 0 Å². The van der Waals surface area contributed by atoms with Gasteiger partial charge in [-0.05, 0) is 18.1 Å². The van der Waals surface area contributed by atoms with E-state index in [1.165, 1.54) is 6.26 Å². The lowest BCUT2D eigenvalue weighted by Gasteiger charge is -2.28. The highest BCUT2D eigenvalue weighted by molar-refractivity contribution is 7.91. The summed E-state index contributed by atoms with van der Waals surface area (Å²) in [5, 5.41) is 8.03. The monoisotopic (exact) mass is 274 g/mol. The molecular formula is C11H14O4S2. The molecule has 1 N–H and O–H groups in total. The number of hydrogen-bond acceptors (Lipinski definition) is 4. The van der Waals surface area contributed by atoms with Crippen molar-refractivity contribution in [3.05, 3.63) is 29.8 Å². The maximum absolute atomic E-state index is 12.1. The highest BCUT2D eigenvalue weighted by atomic mass is 32.2. The minimum Gasteiger partial charge on any atom is -0.395 e. The van der Waals surface area contributed by atoms with Gasteiger partial charge in [0.05, 0.1) is 27.9 Å². The van der Waals surface area contributed by atoms with Gasteiger partial charge in [-0.25, -0.2) is 8.42 Å². The standard InChI is InChI=1S/C11H14O4S2/c1-17(14,15)11-6-8(7-12)16(13)10-5-3-2-4-9(10)11/h2-5,8,11-12H,6-7H2,1H3/t8-,11?,16?/m1/s1. The first kappa shape index (κ1) is 12.7. The topological polar surface area (TPSA) is 71.4 Å². The number of rotatable bonds is 2. The summed E-state index contributed by atoms with van der Waals surface area (Å²) in [4.78, 5) is 0.535. The zero-order chi connectivity index (χ0) is 12.6. The van der Waals surface area contributed by atoms with Crippen LogP contribution >= 0.6 is 0 Å². The highest BCUT2D eigenvalue weighted by Gasteiger charge is 2.37. The van der Waals surface area contributed by atoms with Crippen molar-refractivity contribution in [2.24, 2.45) is 0 Å². The Morgan fingerprint density at radius 3 is 2.65 bits per heavy atom. The molecule has 1 heterocycles. The van der Waals surface area contributed by atoms with Gasteiger partial charge in [-0.1, -0.05) is 18.2 Å². The second-order valence-electron chi connectivity index (χ2n) is 4.19. The molecule has 94 valence electrons. The molecule has 17 heavy (non-hydrogen) atoms. The van der Waals surface area contributed by atoms with E-state index in [1.807, 2.05) is 0 Å². The molecule has 0 saturated heterocycles. The fourth-order valence-electron chi connectivity index (χ4n) is 2.11. The Hall–Kier alpha value is -0.720. The third kappa shape index (κ3) is 2.29. The quantitative estimate of drug-likeness (QED) is 0.859. The van der Waals surface area contributed by atoms with Gasteiger partial charge in [0, 0.05) is 11.2 Å². The molecule has 4 nitrogen and oxygen atoms in total. The van der Waals surface area contributed by atoms with Crippen LogP contribution in [-0.2, 0) is 20.6 Å². The average molecular weight is 274 g/mol. The van der Waals surface area contributed by atoms with Crippen molar-refractivity contribution in [1.29, 1.82) is 0 Å². The molecule has 1 aliphatic rings. The van der Waals surface area contributed by atoms with E-state index in [0.29, 0.717) is 10.5 Å². The lowest BCUT2D eigenvalue weighted by Crippen LogP contribution is -2.31. The smallest absolute Gasteiger partial charge is 0.154 e. The van der Waals surface area contributed by atoms with Crippen molar-refractivity contribution < 1.29 is 17.7 Å². The van der Waals surface area contributed by atoms with E-state index < -0.39 is 31.1 Å². The second kappa shape index (κ2) is 4.51. The Kier molecular flexibility index (Phi) is 3.38. The van der Waals surface area contributed by atoms with E-state index in [9.17, 15) is 17.7 Å². The number of aliphatic hydroxyl groups is 1. The van der Waals surface area contributed by atoms with Gasteiger partial charge < -0.3 is 5.11 Å². The van der Waals surface area contributed by atoms with Crippen LogP contribution in [0.1, 0.15) is 17.2 Å². The molecule has 2 rings (SSSR count). The number of hydrogen-bond donors (Lipinski definition) is 1. The average Bonchev–Trinajstić information content (AvgIpc) is 2.28. The summed E-state index contributed by atoms with van der Waals surface area (Å²) in [5.41, 5.74) is 0.609. The summed E-state index contributed by atoms with van der Waals surface area (Å²) < 4.78 is 35.5. The molecule has 1 aliphatic heterocycles.